The van der Waals surface area contributed by atoms with Crippen molar-refractivity contribution in [3.63, 3.8) is 0 Å². The molecule has 3 amide bonds. The number of nitrogens with zero attached hydrogens (tertiary/aromatic N) is 6. The Balaban J connectivity index is 0.000000671. The van der Waals surface area contributed by atoms with Gasteiger partial charge in [-0.05, 0) is 88.5 Å². The predicted molar refractivity (Wildman–Crippen MR) is 188 cm³/mol. The highest BCUT2D eigenvalue weighted by Gasteiger charge is 2.35. The number of fused-ring (bicyclic) bond motifs is 1. The third-order valence-electron chi connectivity index (χ3n) is 9.50. The maximum atomic E-state index is 13.7. The first-order valence-electron chi connectivity index (χ1n) is 17.0. The second-order valence-corrected chi connectivity index (χ2v) is 14.5. The topological polar surface area (TPSA) is 117 Å². The number of rotatable bonds is 12. The number of sulfonamides is 1. The van der Waals surface area contributed by atoms with E-state index < -0.39 is 16.1 Å². The van der Waals surface area contributed by atoms with E-state index in [0.29, 0.717) is 35.2 Å². The smallest absolute Gasteiger partial charge is 0.331 e. The number of pyridine rings is 1. The summed E-state index contributed by atoms with van der Waals surface area (Å²) in [6.45, 7) is 14.7. The summed E-state index contributed by atoms with van der Waals surface area (Å²) < 4.78 is 38.9. The first kappa shape index (κ1) is 37.1. The van der Waals surface area contributed by atoms with Gasteiger partial charge >= 0.3 is 6.03 Å². The number of aromatic nitrogens is 2. The zero-order valence-corrected chi connectivity index (χ0v) is 30.3. The van der Waals surface area contributed by atoms with Gasteiger partial charge in [-0.1, -0.05) is 20.8 Å². The Kier molecular flexibility index (Phi) is 12.9. The number of piperidine rings is 1. The Morgan fingerprint density at radius 1 is 0.979 bits per heavy atom. The van der Waals surface area contributed by atoms with E-state index in [4.69, 9.17) is 9.47 Å². The number of anilines is 1. The van der Waals surface area contributed by atoms with Gasteiger partial charge in [0.2, 0.25) is 15.9 Å². The van der Waals surface area contributed by atoms with Crippen molar-refractivity contribution in [2.24, 2.45) is 5.92 Å². The fourth-order valence-electron chi connectivity index (χ4n) is 6.59. The molecule has 4 heterocycles. The van der Waals surface area contributed by atoms with Gasteiger partial charge < -0.3 is 14.4 Å². The standard InChI is InChI=1S/C29H37N5O6S.C6H15N/c1-5-41(37,38)34-13-9-21(14-20(34)2)15-22-8-12-33-25(16-22)26(18-30-33)31-11-10-28(35)32(29(31)36)19-23-6-7-24(39-3)17-27(23)40-4;1-4-7(5-2)6-3/h6-8,12,16-18,20-21H,5,9-11,13-15,19H2,1-4H3;4-6H2,1-3H3/t20-,21+;/m0./s1. The van der Waals surface area contributed by atoms with Crippen LogP contribution in [-0.2, 0) is 27.8 Å². The molecule has 2 fully saturated rings. The van der Waals surface area contributed by atoms with E-state index in [1.807, 2.05) is 25.3 Å². The van der Waals surface area contributed by atoms with Gasteiger partial charge in [0.25, 0.3) is 0 Å². The van der Waals surface area contributed by atoms with Gasteiger partial charge in [0, 0.05) is 43.4 Å². The molecule has 2 aliphatic rings. The van der Waals surface area contributed by atoms with Crippen molar-refractivity contribution in [3.05, 3.63) is 53.9 Å². The molecule has 0 saturated carbocycles. The lowest BCUT2D eigenvalue weighted by Gasteiger charge is -2.36. The molecule has 5 rings (SSSR count). The van der Waals surface area contributed by atoms with Crippen LogP contribution in [0.15, 0.2) is 42.7 Å². The quantitative estimate of drug-likeness (QED) is 0.260. The normalized spacial score (nSPS) is 19.1. The van der Waals surface area contributed by atoms with Crippen LogP contribution in [0.1, 0.15) is 65.0 Å². The number of benzene rings is 1. The molecule has 264 valence electrons. The largest absolute Gasteiger partial charge is 0.497 e. The Labute approximate surface area is 285 Å². The number of hydrogen-bond acceptors (Lipinski definition) is 8. The Bertz CT molecular complexity index is 1650. The number of ether oxygens (including phenoxy) is 2. The van der Waals surface area contributed by atoms with Crippen LogP contribution in [0.4, 0.5) is 10.5 Å². The highest BCUT2D eigenvalue weighted by Crippen LogP contribution is 2.32. The van der Waals surface area contributed by atoms with Gasteiger partial charge in [-0.25, -0.2) is 17.7 Å². The van der Waals surface area contributed by atoms with E-state index in [-0.39, 0.29) is 37.2 Å². The lowest BCUT2D eigenvalue weighted by molar-refractivity contribution is -0.129. The van der Waals surface area contributed by atoms with Crippen LogP contribution in [0.3, 0.4) is 0 Å². The highest BCUT2D eigenvalue weighted by atomic mass is 32.2. The van der Waals surface area contributed by atoms with Crippen molar-refractivity contribution in [1.82, 2.24) is 23.7 Å². The molecule has 1 aromatic carbocycles. The number of hydrogen-bond donors (Lipinski definition) is 0. The summed E-state index contributed by atoms with van der Waals surface area (Å²) in [7, 11) is -0.0991. The van der Waals surface area contributed by atoms with Crippen LogP contribution in [0.25, 0.3) is 5.52 Å². The average Bonchev–Trinajstić information content (AvgIpc) is 3.50. The summed E-state index contributed by atoms with van der Waals surface area (Å²) in [5.41, 5.74) is 3.23. The number of urea groups is 1. The molecule has 2 saturated heterocycles. The molecule has 2 atom stereocenters. The number of methoxy groups -OCH3 is 2. The SMILES string of the molecule is CCN(CC)CC.CCS(=O)(=O)N1CC[C@@H](Cc2ccn3ncc(N4CCC(=O)N(Cc5ccc(OC)cc5OC)C4=O)c3c2)C[C@@H]1C. The molecule has 2 aliphatic heterocycles. The number of carbonyl (C=O) groups is 2. The van der Waals surface area contributed by atoms with E-state index in [0.717, 1.165) is 30.3 Å². The second-order valence-electron chi connectivity index (χ2n) is 12.3. The van der Waals surface area contributed by atoms with Gasteiger partial charge in [-0.15, -0.1) is 0 Å². The highest BCUT2D eigenvalue weighted by molar-refractivity contribution is 7.89. The van der Waals surface area contributed by atoms with Crippen LogP contribution in [0.2, 0.25) is 0 Å². The molecule has 0 unspecified atom stereocenters. The number of imide groups is 1. The third kappa shape index (κ3) is 8.48. The summed E-state index contributed by atoms with van der Waals surface area (Å²) in [5, 5.41) is 4.46. The minimum absolute atomic E-state index is 0.0354. The van der Waals surface area contributed by atoms with Crippen molar-refractivity contribution >= 4 is 33.2 Å². The van der Waals surface area contributed by atoms with Crippen LogP contribution < -0.4 is 14.4 Å². The monoisotopic (exact) mass is 684 g/mol. The van der Waals surface area contributed by atoms with E-state index in [1.165, 1.54) is 31.6 Å². The van der Waals surface area contributed by atoms with Gasteiger partial charge in [0.05, 0.1) is 43.9 Å². The van der Waals surface area contributed by atoms with Gasteiger partial charge in [0.1, 0.15) is 11.5 Å². The first-order valence-corrected chi connectivity index (χ1v) is 18.6. The Morgan fingerprint density at radius 3 is 2.31 bits per heavy atom. The van der Waals surface area contributed by atoms with Crippen molar-refractivity contribution in [2.75, 3.05) is 57.6 Å². The van der Waals surface area contributed by atoms with Crippen molar-refractivity contribution in [1.29, 1.82) is 0 Å². The number of carbonyl (C=O) groups excluding carboxylic acids is 2. The van der Waals surface area contributed by atoms with Gasteiger partial charge in [0.15, 0.2) is 0 Å². The molecule has 0 N–H and O–H groups in total. The number of amides is 3. The molecular formula is C35H52N6O6S. The Hall–Kier alpha value is -3.68. The summed E-state index contributed by atoms with van der Waals surface area (Å²) in [4.78, 5) is 31.8. The lowest BCUT2D eigenvalue weighted by atomic mass is 9.88. The van der Waals surface area contributed by atoms with E-state index >= 15 is 0 Å². The molecule has 48 heavy (non-hydrogen) atoms. The lowest BCUT2D eigenvalue weighted by Crippen LogP contribution is -2.52. The maximum Gasteiger partial charge on any atom is 0.331 e. The van der Waals surface area contributed by atoms with Gasteiger partial charge in [-0.3, -0.25) is 14.6 Å². The van der Waals surface area contributed by atoms with Crippen LogP contribution in [0.5, 0.6) is 11.5 Å². The molecule has 0 aliphatic carbocycles. The molecule has 12 nitrogen and oxygen atoms in total. The minimum Gasteiger partial charge on any atom is -0.497 e. The van der Waals surface area contributed by atoms with Gasteiger partial charge in [-0.2, -0.15) is 9.40 Å². The zero-order chi connectivity index (χ0) is 35.0. The first-order chi connectivity index (χ1) is 23.0. The molecule has 13 heteroatoms. The summed E-state index contributed by atoms with van der Waals surface area (Å²) in [5.74, 6) is 1.39. The third-order valence-corrected chi connectivity index (χ3v) is 11.5. The van der Waals surface area contributed by atoms with Crippen molar-refractivity contribution < 1.29 is 27.5 Å². The van der Waals surface area contributed by atoms with Crippen LogP contribution >= 0.6 is 0 Å². The fourth-order valence-corrected chi connectivity index (χ4v) is 7.94. The summed E-state index contributed by atoms with van der Waals surface area (Å²) in [6, 6.07) is 8.92. The summed E-state index contributed by atoms with van der Waals surface area (Å²) >= 11 is 0. The Morgan fingerprint density at radius 2 is 1.71 bits per heavy atom. The van der Waals surface area contributed by atoms with E-state index in [9.17, 15) is 18.0 Å². The van der Waals surface area contributed by atoms with E-state index in [2.05, 4.69) is 30.8 Å². The molecule has 0 radical (unpaired) electrons. The van der Waals surface area contributed by atoms with Crippen LogP contribution in [0, 0.1) is 5.92 Å². The predicted octanol–water partition coefficient (Wildman–Crippen LogP) is 5.05. The second kappa shape index (κ2) is 16.6. The molecule has 0 spiro atoms. The van der Waals surface area contributed by atoms with E-state index in [1.54, 1.807) is 52.2 Å². The fraction of sp³-hybridized carbons (Fsp3) is 0.571. The van der Waals surface area contributed by atoms with Crippen molar-refractivity contribution in [2.45, 2.75) is 72.9 Å². The summed E-state index contributed by atoms with van der Waals surface area (Å²) in [6.07, 6.45) is 6.15. The van der Waals surface area contributed by atoms with Crippen molar-refractivity contribution in [3.8, 4) is 11.5 Å². The molecule has 3 aromatic rings. The molecular weight excluding hydrogens is 632 g/mol. The molecule has 2 aromatic heterocycles. The maximum absolute atomic E-state index is 13.7. The van der Waals surface area contributed by atoms with Crippen LogP contribution in [-0.4, -0.2) is 103 Å². The average molecular weight is 685 g/mol. The minimum atomic E-state index is -3.20. The molecule has 0 bridgehead atoms. The zero-order valence-electron chi connectivity index (χ0n) is 29.5.